The van der Waals surface area contributed by atoms with E-state index < -0.39 is 35.8 Å². The molecule has 0 aromatic carbocycles. The van der Waals surface area contributed by atoms with E-state index in [1.54, 1.807) is 6.20 Å². The van der Waals surface area contributed by atoms with Gasteiger partial charge in [-0.2, -0.15) is 4.39 Å². The first-order chi connectivity index (χ1) is 17.8. The molecule has 0 unspecified atom stereocenters. The van der Waals surface area contributed by atoms with Crippen LogP contribution in [0.5, 0.6) is 0 Å². The van der Waals surface area contributed by atoms with Gasteiger partial charge in [0, 0.05) is 18.8 Å². The zero-order chi connectivity index (χ0) is 25.8. The quantitative estimate of drug-likeness (QED) is 0.372. The lowest BCUT2D eigenvalue weighted by molar-refractivity contribution is -0.148. The molecule has 3 aromatic heterocycles. The topological polar surface area (TPSA) is 157 Å². The van der Waals surface area contributed by atoms with Gasteiger partial charge in [0.2, 0.25) is 5.82 Å². The molecule has 13 heteroatoms. The highest BCUT2D eigenvalue weighted by Gasteiger charge is 2.48. The number of aromatic amines is 1. The second kappa shape index (κ2) is 9.09. The Kier molecular flexibility index (Phi) is 5.85. The molecule has 0 spiro atoms. The second-order valence-electron chi connectivity index (χ2n) is 10.0. The van der Waals surface area contributed by atoms with Gasteiger partial charge in [0.25, 0.3) is 0 Å². The third kappa shape index (κ3) is 4.03. The van der Waals surface area contributed by atoms with Crippen LogP contribution in [-0.2, 0) is 9.59 Å². The van der Waals surface area contributed by atoms with E-state index in [0.717, 1.165) is 25.7 Å². The van der Waals surface area contributed by atoms with Crippen molar-refractivity contribution in [2.24, 2.45) is 17.8 Å². The maximum absolute atomic E-state index is 16.1. The van der Waals surface area contributed by atoms with Crippen molar-refractivity contribution in [2.75, 3.05) is 16.8 Å². The molecule has 4 fully saturated rings. The lowest BCUT2D eigenvalue weighted by Gasteiger charge is -2.47. The van der Waals surface area contributed by atoms with Crippen LogP contribution in [0.1, 0.15) is 38.5 Å². The second-order valence-corrected chi connectivity index (χ2v) is 10.4. The largest absolute Gasteiger partial charge is 0.481 e. The highest BCUT2D eigenvalue weighted by Crippen LogP contribution is 2.47. The molecule has 0 amide bonds. The van der Waals surface area contributed by atoms with Crippen LogP contribution in [0.2, 0.25) is 5.15 Å². The molecule has 1 aliphatic heterocycles. The minimum Gasteiger partial charge on any atom is -0.481 e. The summed E-state index contributed by atoms with van der Waals surface area (Å²) >= 11 is 6.06. The van der Waals surface area contributed by atoms with Crippen molar-refractivity contribution >= 4 is 46.3 Å². The number of rotatable bonds is 6. The summed E-state index contributed by atoms with van der Waals surface area (Å²) in [6, 6.07) is -1.43. The van der Waals surface area contributed by atoms with Gasteiger partial charge >= 0.3 is 11.9 Å². The van der Waals surface area contributed by atoms with E-state index in [-0.39, 0.29) is 34.4 Å². The van der Waals surface area contributed by atoms with Gasteiger partial charge in [-0.15, -0.1) is 0 Å². The van der Waals surface area contributed by atoms with Gasteiger partial charge < -0.3 is 25.4 Å². The third-order valence-corrected chi connectivity index (χ3v) is 8.23. The van der Waals surface area contributed by atoms with Crippen LogP contribution in [0.3, 0.4) is 0 Å². The molecule has 3 atom stereocenters. The van der Waals surface area contributed by atoms with Crippen molar-refractivity contribution in [3.8, 4) is 11.4 Å². The Balaban J connectivity index is 1.48. The van der Waals surface area contributed by atoms with Gasteiger partial charge in [0.1, 0.15) is 16.7 Å². The van der Waals surface area contributed by atoms with Crippen LogP contribution in [0.15, 0.2) is 12.4 Å². The number of nitrogens with zero attached hydrogens (tertiary/aromatic N) is 5. The van der Waals surface area contributed by atoms with Crippen LogP contribution < -0.4 is 10.2 Å². The van der Waals surface area contributed by atoms with E-state index in [1.807, 2.05) is 0 Å². The van der Waals surface area contributed by atoms with E-state index in [9.17, 15) is 19.8 Å². The van der Waals surface area contributed by atoms with Gasteiger partial charge in [0.15, 0.2) is 23.1 Å². The van der Waals surface area contributed by atoms with Gasteiger partial charge in [0.05, 0.1) is 17.7 Å². The van der Waals surface area contributed by atoms with Crippen LogP contribution >= 0.6 is 11.6 Å². The average Bonchev–Trinajstić information content (AvgIpc) is 3.53. The Labute approximate surface area is 215 Å². The lowest BCUT2D eigenvalue weighted by Crippen LogP contribution is -2.51. The number of hydrogen-bond donors (Lipinski definition) is 4. The van der Waals surface area contributed by atoms with Crippen LogP contribution in [-0.4, -0.2) is 65.7 Å². The molecule has 194 valence electrons. The number of hydrogen-bond acceptors (Lipinski definition) is 8. The molecule has 3 aromatic rings. The Morgan fingerprint density at radius 2 is 1.84 bits per heavy atom. The molecule has 37 heavy (non-hydrogen) atoms. The predicted octanol–water partition coefficient (Wildman–Crippen LogP) is 3.56. The summed E-state index contributed by atoms with van der Waals surface area (Å²) in [5.74, 6) is -3.53. The van der Waals surface area contributed by atoms with Crippen molar-refractivity contribution in [3.63, 3.8) is 0 Å². The fourth-order valence-corrected chi connectivity index (χ4v) is 6.46. The first-order valence-corrected chi connectivity index (χ1v) is 12.8. The Morgan fingerprint density at radius 1 is 1.08 bits per heavy atom. The number of carboxylic acids is 2. The van der Waals surface area contributed by atoms with Crippen molar-refractivity contribution in [2.45, 2.75) is 50.6 Å². The Morgan fingerprint density at radius 3 is 2.57 bits per heavy atom. The van der Waals surface area contributed by atoms with Crippen LogP contribution in [0.25, 0.3) is 22.6 Å². The summed E-state index contributed by atoms with van der Waals surface area (Å²) in [7, 11) is 0. The number of anilines is 2. The minimum absolute atomic E-state index is 0.0184. The average molecular weight is 530 g/mol. The summed E-state index contributed by atoms with van der Waals surface area (Å²) < 4.78 is 16.1. The van der Waals surface area contributed by atoms with Gasteiger partial charge in [-0.05, 0) is 50.4 Å². The molecule has 4 N–H and O–H groups in total. The van der Waals surface area contributed by atoms with Crippen molar-refractivity contribution in [1.82, 2.24) is 24.9 Å². The molecule has 7 rings (SSSR count). The molecule has 1 saturated heterocycles. The van der Waals surface area contributed by atoms with Gasteiger partial charge in [-0.3, -0.25) is 4.79 Å². The number of H-pyrrole nitrogens is 1. The Hall–Kier alpha value is -3.54. The van der Waals surface area contributed by atoms with Crippen LogP contribution in [0.4, 0.5) is 16.0 Å². The molecule has 2 bridgehead atoms. The van der Waals surface area contributed by atoms with E-state index >= 15 is 4.39 Å². The fourth-order valence-electron chi connectivity index (χ4n) is 6.33. The highest BCUT2D eigenvalue weighted by molar-refractivity contribution is 6.29. The number of carboxylic acid groups (broad SMARTS) is 2. The van der Waals surface area contributed by atoms with Crippen molar-refractivity contribution in [1.29, 1.82) is 0 Å². The molecule has 3 saturated carbocycles. The van der Waals surface area contributed by atoms with E-state index in [0.29, 0.717) is 36.1 Å². The maximum Gasteiger partial charge on any atom is 0.326 e. The molecule has 4 aliphatic rings. The molecule has 4 heterocycles. The molecule has 3 aliphatic carbocycles. The minimum atomic E-state index is -1.06. The van der Waals surface area contributed by atoms with E-state index in [4.69, 9.17) is 11.6 Å². The highest BCUT2D eigenvalue weighted by atomic mass is 35.5. The first kappa shape index (κ1) is 23.8. The predicted molar refractivity (Wildman–Crippen MR) is 132 cm³/mol. The summed E-state index contributed by atoms with van der Waals surface area (Å²) in [5, 5.41) is 23.0. The monoisotopic (exact) mass is 529 g/mol. The standard InChI is InChI=1S/C24H25ClFN7O4/c25-14-9-28-21-18(29-14)12(8-27-21)19-31-20(16(26)22(32-19)33-7-1-2-13(33)23(34)35)30-17-11-5-3-10(4-6-11)15(17)24(36)37/h8-11,13,15,17H,1-7H2,(H,27,28)(H,34,35)(H,36,37)(H,30,31,32)/t10?,11?,13-,15-,17-/m0/s1. The normalized spacial score (nSPS) is 27.1. The molecule has 11 nitrogen and oxygen atoms in total. The maximum atomic E-state index is 16.1. The third-order valence-electron chi connectivity index (χ3n) is 8.04. The number of halogens is 2. The number of fused-ring (bicyclic) bond motifs is 4. The van der Waals surface area contributed by atoms with Crippen molar-refractivity contribution < 1.29 is 24.2 Å². The molecular weight excluding hydrogens is 505 g/mol. The van der Waals surface area contributed by atoms with E-state index in [1.165, 1.54) is 11.1 Å². The van der Waals surface area contributed by atoms with Crippen LogP contribution in [0, 0.1) is 23.6 Å². The SMILES string of the molecule is O=C(O)[C@H]1C2CCC(CC2)[C@@H]1Nc1nc(-c2c[nH]c3ncc(Cl)nc23)nc(N2CCC[C@H]2C(=O)O)c1F. The number of aromatic nitrogens is 5. The summed E-state index contributed by atoms with van der Waals surface area (Å²) in [5.41, 5.74) is 1.23. The number of aliphatic carboxylic acids is 2. The lowest BCUT2D eigenvalue weighted by atomic mass is 9.61. The molecular formula is C24H25ClFN7O4. The summed E-state index contributed by atoms with van der Waals surface area (Å²) in [6.07, 6.45) is 7.31. The summed E-state index contributed by atoms with van der Waals surface area (Å²) in [6.45, 7) is 0.315. The Bertz CT molecular complexity index is 1390. The zero-order valence-corrected chi connectivity index (χ0v) is 20.5. The zero-order valence-electron chi connectivity index (χ0n) is 19.7. The van der Waals surface area contributed by atoms with Gasteiger partial charge in [-0.1, -0.05) is 11.6 Å². The fraction of sp³-hybridized carbons (Fsp3) is 0.500. The first-order valence-electron chi connectivity index (χ1n) is 12.4. The van der Waals surface area contributed by atoms with E-state index in [2.05, 4.69) is 30.2 Å². The molecule has 0 radical (unpaired) electrons. The van der Waals surface area contributed by atoms with Gasteiger partial charge in [-0.25, -0.2) is 24.7 Å². The number of carbonyl (C=O) groups is 2. The van der Waals surface area contributed by atoms with Crippen molar-refractivity contribution in [3.05, 3.63) is 23.4 Å². The smallest absolute Gasteiger partial charge is 0.326 e. The summed E-state index contributed by atoms with van der Waals surface area (Å²) in [4.78, 5) is 45.9. The number of nitrogens with one attached hydrogen (secondary N) is 2.